The largest absolute Gasteiger partial charge is 0.444 e. The van der Waals surface area contributed by atoms with Gasteiger partial charge in [-0.1, -0.05) is 26.0 Å². The number of hydrogen-bond acceptors (Lipinski definition) is 3. The van der Waals surface area contributed by atoms with Crippen LogP contribution in [-0.2, 0) is 11.2 Å². The molecule has 5 nitrogen and oxygen atoms in total. The van der Waals surface area contributed by atoms with Gasteiger partial charge in [0, 0.05) is 18.7 Å². The molecule has 0 bridgehead atoms. The van der Waals surface area contributed by atoms with Gasteiger partial charge >= 0.3 is 6.09 Å². The molecule has 1 aromatic carbocycles. The standard InChI is InChI=1S/C19H30N2O3/c1-14(2)13-15-7-9-16(10-8-15)17(22)20-11-6-12-21-18(23)24-19(3,4)5/h7-10,14H,6,11-13H2,1-5H3,(H,20,22)(H,21,23). The predicted octanol–water partition coefficient (Wildman–Crippen LogP) is 3.53. The van der Waals surface area contributed by atoms with E-state index in [-0.39, 0.29) is 5.91 Å². The lowest BCUT2D eigenvalue weighted by atomic mass is 10.0. The maximum Gasteiger partial charge on any atom is 0.407 e. The van der Waals surface area contributed by atoms with Gasteiger partial charge in [0.2, 0.25) is 0 Å². The number of nitrogens with one attached hydrogen (secondary N) is 2. The van der Waals surface area contributed by atoms with Crippen LogP contribution in [0.2, 0.25) is 0 Å². The van der Waals surface area contributed by atoms with Gasteiger partial charge in [-0.2, -0.15) is 0 Å². The van der Waals surface area contributed by atoms with Gasteiger partial charge in [-0.25, -0.2) is 4.79 Å². The van der Waals surface area contributed by atoms with Gasteiger partial charge < -0.3 is 15.4 Å². The summed E-state index contributed by atoms with van der Waals surface area (Å²) in [6, 6.07) is 7.70. The average molecular weight is 334 g/mol. The maximum absolute atomic E-state index is 12.0. The molecule has 5 heteroatoms. The highest BCUT2D eigenvalue weighted by Gasteiger charge is 2.15. The molecule has 134 valence electrons. The Morgan fingerprint density at radius 3 is 2.17 bits per heavy atom. The first kappa shape index (κ1) is 20.0. The zero-order valence-electron chi connectivity index (χ0n) is 15.4. The molecule has 0 atom stereocenters. The van der Waals surface area contributed by atoms with Crippen molar-refractivity contribution in [1.29, 1.82) is 0 Å². The van der Waals surface area contributed by atoms with Gasteiger partial charge in [-0.05, 0) is 57.2 Å². The predicted molar refractivity (Wildman–Crippen MR) is 96.2 cm³/mol. The fourth-order valence-corrected chi connectivity index (χ4v) is 2.16. The summed E-state index contributed by atoms with van der Waals surface area (Å²) in [6.07, 6.45) is 1.23. The molecule has 0 aliphatic heterocycles. The van der Waals surface area contributed by atoms with E-state index in [1.807, 2.05) is 45.0 Å². The van der Waals surface area contributed by atoms with Gasteiger partial charge in [0.25, 0.3) is 5.91 Å². The molecule has 2 amide bonds. The van der Waals surface area contributed by atoms with Crippen LogP contribution < -0.4 is 10.6 Å². The molecule has 1 aromatic rings. The van der Waals surface area contributed by atoms with Crippen LogP contribution in [0.15, 0.2) is 24.3 Å². The van der Waals surface area contributed by atoms with E-state index in [2.05, 4.69) is 24.5 Å². The van der Waals surface area contributed by atoms with E-state index in [0.29, 0.717) is 31.0 Å². The maximum atomic E-state index is 12.0. The molecule has 0 aliphatic rings. The number of ether oxygens (including phenoxy) is 1. The molecule has 0 fully saturated rings. The normalized spacial score (nSPS) is 11.2. The lowest BCUT2D eigenvalue weighted by Gasteiger charge is -2.19. The minimum atomic E-state index is -0.500. The Labute approximate surface area is 145 Å². The fourth-order valence-electron chi connectivity index (χ4n) is 2.16. The highest BCUT2D eigenvalue weighted by molar-refractivity contribution is 5.94. The van der Waals surface area contributed by atoms with E-state index in [1.54, 1.807) is 0 Å². The van der Waals surface area contributed by atoms with Crippen LogP contribution in [-0.4, -0.2) is 30.7 Å². The Bertz CT molecular complexity index is 531. The summed E-state index contributed by atoms with van der Waals surface area (Å²) in [5, 5.41) is 5.52. The van der Waals surface area contributed by atoms with Crippen LogP contribution in [0.1, 0.15) is 57.0 Å². The van der Waals surface area contributed by atoms with Crippen molar-refractivity contribution in [2.75, 3.05) is 13.1 Å². The number of carbonyl (C=O) groups excluding carboxylic acids is 2. The van der Waals surface area contributed by atoms with E-state index in [4.69, 9.17) is 4.74 Å². The lowest BCUT2D eigenvalue weighted by Crippen LogP contribution is -2.34. The number of alkyl carbamates (subject to hydrolysis) is 1. The third-order valence-corrected chi connectivity index (χ3v) is 3.17. The number of amides is 2. The van der Waals surface area contributed by atoms with E-state index in [9.17, 15) is 9.59 Å². The summed E-state index contributed by atoms with van der Waals surface area (Å²) in [4.78, 5) is 23.5. The fraction of sp³-hybridized carbons (Fsp3) is 0.579. The summed E-state index contributed by atoms with van der Waals surface area (Å²) in [6.45, 7) is 10.8. The van der Waals surface area contributed by atoms with E-state index in [0.717, 1.165) is 6.42 Å². The van der Waals surface area contributed by atoms with Crippen LogP contribution in [0.5, 0.6) is 0 Å². The molecule has 0 saturated carbocycles. The van der Waals surface area contributed by atoms with Crippen LogP contribution in [0.25, 0.3) is 0 Å². The third-order valence-electron chi connectivity index (χ3n) is 3.17. The van der Waals surface area contributed by atoms with Gasteiger partial charge in [0.05, 0.1) is 0 Å². The molecule has 24 heavy (non-hydrogen) atoms. The van der Waals surface area contributed by atoms with Crippen LogP contribution in [0.4, 0.5) is 4.79 Å². The second-order valence-corrected chi connectivity index (χ2v) is 7.33. The molecule has 1 rings (SSSR count). The minimum Gasteiger partial charge on any atom is -0.444 e. The van der Waals surface area contributed by atoms with Crippen molar-refractivity contribution in [3.05, 3.63) is 35.4 Å². The average Bonchev–Trinajstić information content (AvgIpc) is 2.45. The second kappa shape index (κ2) is 9.30. The summed E-state index contributed by atoms with van der Waals surface area (Å²) in [7, 11) is 0. The summed E-state index contributed by atoms with van der Waals surface area (Å²) in [5.41, 5.74) is 1.39. The SMILES string of the molecule is CC(C)Cc1ccc(C(=O)NCCCNC(=O)OC(C)(C)C)cc1. The Hall–Kier alpha value is -2.04. The quantitative estimate of drug-likeness (QED) is 0.750. The van der Waals surface area contributed by atoms with E-state index < -0.39 is 11.7 Å². The number of benzene rings is 1. The Morgan fingerprint density at radius 1 is 1.04 bits per heavy atom. The molecule has 0 spiro atoms. The number of carbonyl (C=O) groups is 2. The van der Waals surface area contributed by atoms with Gasteiger partial charge in [0.15, 0.2) is 0 Å². The summed E-state index contributed by atoms with van der Waals surface area (Å²) < 4.78 is 5.14. The van der Waals surface area contributed by atoms with Crippen LogP contribution in [0, 0.1) is 5.92 Å². The monoisotopic (exact) mass is 334 g/mol. The van der Waals surface area contributed by atoms with Gasteiger partial charge in [-0.15, -0.1) is 0 Å². The topological polar surface area (TPSA) is 67.4 Å². The van der Waals surface area contributed by atoms with Crippen molar-refractivity contribution in [3.8, 4) is 0 Å². The van der Waals surface area contributed by atoms with Gasteiger partial charge in [-0.3, -0.25) is 4.79 Å². The van der Waals surface area contributed by atoms with Crippen molar-refractivity contribution < 1.29 is 14.3 Å². The molecule has 0 unspecified atom stereocenters. The van der Waals surface area contributed by atoms with E-state index in [1.165, 1.54) is 5.56 Å². The van der Waals surface area contributed by atoms with Gasteiger partial charge in [0.1, 0.15) is 5.60 Å². The lowest BCUT2D eigenvalue weighted by molar-refractivity contribution is 0.0527. The molecular formula is C19H30N2O3. The summed E-state index contributed by atoms with van der Waals surface area (Å²) in [5.74, 6) is 0.505. The Balaban J connectivity index is 2.25. The molecule has 0 heterocycles. The highest BCUT2D eigenvalue weighted by Crippen LogP contribution is 2.10. The molecule has 0 aliphatic carbocycles. The van der Waals surface area contributed by atoms with Crippen LogP contribution in [0.3, 0.4) is 0 Å². The first-order valence-corrected chi connectivity index (χ1v) is 8.51. The van der Waals surface area contributed by atoms with E-state index >= 15 is 0 Å². The number of hydrogen-bond donors (Lipinski definition) is 2. The smallest absolute Gasteiger partial charge is 0.407 e. The van der Waals surface area contributed by atoms with Crippen LogP contribution >= 0.6 is 0 Å². The second-order valence-electron chi connectivity index (χ2n) is 7.33. The first-order chi connectivity index (χ1) is 11.2. The van der Waals surface area contributed by atoms with Crippen molar-refractivity contribution in [2.24, 2.45) is 5.92 Å². The minimum absolute atomic E-state index is 0.0941. The van der Waals surface area contributed by atoms with Crippen molar-refractivity contribution in [3.63, 3.8) is 0 Å². The molecule has 2 N–H and O–H groups in total. The highest BCUT2D eigenvalue weighted by atomic mass is 16.6. The zero-order valence-corrected chi connectivity index (χ0v) is 15.4. The third kappa shape index (κ3) is 8.56. The van der Waals surface area contributed by atoms with Crippen molar-refractivity contribution in [2.45, 2.75) is 53.1 Å². The van der Waals surface area contributed by atoms with Crippen molar-refractivity contribution >= 4 is 12.0 Å². The molecule has 0 radical (unpaired) electrons. The number of rotatable bonds is 7. The Morgan fingerprint density at radius 2 is 1.62 bits per heavy atom. The molecular weight excluding hydrogens is 304 g/mol. The molecule has 0 saturated heterocycles. The zero-order chi connectivity index (χ0) is 18.2. The Kier molecular flexibility index (Phi) is 7.75. The van der Waals surface area contributed by atoms with Crippen molar-refractivity contribution in [1.82, 2.24) is 10.6 Å². The summed E-state index contributed by atoms with van der Waals surface area (Å²) >= 11 is 0. The molecule has 0 aromatic heterocycles. The first-order valence-electron chi connectivity index (χ1n) is 8.51.